The molecule has 0 rings (SSSR count). The van der Waals surface area contributed by atoms with Gasteiger partial charge in [-0.2, -0.15) is 0 Å². The van der Waals surface area contributed by atoms with Crippen molar-refractivity contribution in [2.45, 2.75) is 225 Å². The van der Waals surface area contributed by atoms with E-state index in [2.05, 4.69) is 257 Å². The molecule has 0 aliphatic heterocycles. The number of phosphoric ester groups is 1. The predicted octanol–water partition coefficient (Wildman–Crippen LogP) is 23.3. The molecule has 0 saturated carbocycles. The van der Waals surface area contributed by atoms with Crippen molar-refractivity contribution >= 4 is 19.8 Å². The third kappa shape index (κ3) is 74.8. The van der Waals surface area contributed by atoms with E-state index in [1.165, 1.54) is 0 Å². The van der Waals surface area contributed by atoms with Gasteiger partial charge in [-0.25, -0.2) is 0 Å². The van der Waals surface area contributed by atoms with E-state index in [1.54, 1.807) is 0 Å². The van der Waals surface area contributed by atoms with Gasteiger partial charge in [-0.3, -0.25) is 14.2 Å². The second-order valence-electron chi connectivity index (χ2n) is 23.8. The lowest BCUT2D eigenvalue weighted by atomic mass is 10.1. The Kier molecular flexibility index (Phi) is 66.4. The summed E-state index contributed by atoms with van der Waals surface area (Å²) in [5.74, 6) is -0.917. The number of carbonyl (C=O) groups excluding carboxylic acids is 2. The molecule has 0 bridgehead atoms. The van der Waals surface area contributed by atoms with Crippen molar-refractivity contribution in [3.63, 3.8) is 0 Å². The van der Waals surface area contributed by atoms with E-state index in [0.29, 0.717) is 23.9 Å². The molecule has 94 heavy (non-hydrogen) atoms. The summed E-state index contributed by atoms with van der Waals surface area (Å²) in [6.45, 7) is 3.91. The molecule has 0 aromatic rings. The molecular formula is C84H128NO8P. The molecule has 10 heteroatoms. The van der Waals surface area contributed by atoms with E-state index in [9.17, 15) is 19.0 Å². The van der Waals surface area contributed by atoms with E-state index >= 15 is 0 Å². The van der Waals surface area contributed by atoms with Gasteiger partial charge in [-0.1, -0.05) is 283 Å². The first-order valence-corrected chi connectivity index (χ1v) is 37.2. The minimum Gasteiger partial charge on any atom is -0.756 e. The Morgan fingerprint density at radius 3 is 0.862 bits per heavy atom. The van der Waals surface area contributed by atoms with Gasteiger partial charge in [0.15, 0.2) is 6.10 Å². The molecule has 0 aliphatic carbocycles. The molecular weight excluding hydrogens is 1180 g/mol. The number of hydrogen-bond acceptors (Lipinski definition) is 8. The van der Waals surface area contributed by atoms with E-state index in [1.807, 2.05) is 21.1 Å². The number of rotatable bonds is 62. The molecule has 0 spiro atoms. The highest BCUT2D eigenvalue weighted by molar-refractivity contribution is 7.45. The maximum atomic E-state index is 12.9. The quantitative estimate of drug-likeness (QED) is 0.0195. The molecule has 0 radical (unpaired) electrons. The Hall–Kier alpha value is -6.19. The highest BCUT2D eigenvalue weighted by Crippen LogP contribution is 2.38. The van der Waals surface area contributed by atoms with Gasteiger partial charge in [0.2, 0.25) is 0 Å². The number of ether oxygens (including phenoxy) is 2. The second-order valence-corrected chi connectivity index (χ2v) is 25.2. The Morgan fingerprint density at radius 1 is 0.330 bits per heavy atom. The average Bonchev–Trinajstić information content (AvgIpc) is 1.56. The average molecular weight is 1310 g/mol. The summed E-state index contributed by atoms with van der Waals surface area (Å²) in [5, 5.41) is 0. The maximum absolute atomic E-state index is 12.9. The molecule has 522 valence electrons. The van der Waals surface area contributed by atoms with Crippen LogP contribution in [0.25, 0.3) is 0 Å². The number of unbranched alkanes of at least 4 members (excludes halogenated alkanes) is 8. The van der Waals surface area contributed by atoms with E-state index < -0.39 is 32.5 Å². The fourth-order valence-corrected chi connectivity index (χ4v) is 9.20. The van der Waals surface area contributed by atoms with Crippen LogP contribution in [-0.4, -0.2) is 70.0 Å². The largest absolute Gasteiger partial charge is 0.756 e. The lowest BCUT2D eigenvalue weighted by Gasteiger charge is -2.28. The summed E-state index contributed by atoms with van der Waals surface area (Å²) in [5.41, 5.74) is 0. The van der Waals surface area contributed by atoms with Crippen LogP contribution in [-0.2, 0) is 32.7 Å². The smallest absolute Gasteiger partial charge is 0.306 e. The molecule has 0 fully saturated rings. The Morgan fingerprint density at radius 2 is 0.574 bits per heavy atom. The zero-order valence-electron chi connectivity index (χ0n) is 59.3. The number of phosphoric acid groups is 1. The monoisotopic (exact) mass is 1310 g/mol. The Bertz CT molecular complexity index is 2490. The maximum Gasteiger partial charge on any atom is 0.306 e. The molecule has 0 aromatic heterocycles. The zero-order chi connectivity index (χ0) is 68.3. The lowest BCUT2D eigenvalue weighted by molar-refractivity contribution is -0.870. The van der Waals surface area contributed by atoms with Crippen LogP contribution < -0.4 is 4.89 Å². The van der Waals surface area contributed by atoms with Crippen LogP contribution >= 0.6 is 7.82 Å². The van der Waals surface area contributed by atoms with Crippen molar-refractivity contribution < 1.29 is 42.1 Å². The predicted molar refractivity (Wildman–Crippen MR) is 405 cm³/mol. The Labute approximate surface area is 574 Å². The fourth-order valence-electron chi connectivity index (χ4n) is 8.47. The van der Waals surface area contributed by atoms with Crippen LogP contribution in [0.15, 0.2) is 243 Å². The summed E-state index contributed by atoms with van der Waals surface area (Å²) in [7, 11) is 1.09. The van der Waals surface area contributed by atoms with Crippen LogP contribution in [0.4, 0.5) is 0 Å². The number of allylic oxidation sites excluding steroid dienone is 40. The van der Waals surface area contributed by atoms with Crippen LogP contribution in [0.2, 0.25) is 0 Å². The van der Waals surface area contributed by atoms with Crippen molar-refractivity contribution in [1.29, 1.82) is 0 Å². The first-order valence-electron chi connectivity index (χ1n) is 35.7. The lowest BCUT2D eigenvalue weighted by Crippen LogP contribution is -2.37. The first kappa shape index (κ1) is 87.8. The summed E-state index contributed by atoms with van der Waals surface area (Å²) in [6, 6.07) is 0. The van der Waals surface area contributed by atoms with Crippen molar-refractivity contribution in [1.82, 2.24) is 0 Å². The van der Waals surface area contributed by atoms with Gasteiger partial charge >= 0.3 is 11.9 Å². The molecule has 0 heterocycles. The molecule has 9 nitrogen and oxygen atoms in total. The number of carbonyl (C=O) groups is 2. The molecule has 0 aliphatic rings. The third-order valence-corrected chi connectivity index (χ3v) is 14.8. The van der Waals surface area contributed by atoms with Crippen LogP contribution in [0.1, 0.15) is 219 Å². The third-order valence-electron chi connectivity index (χ3n) is 13.9. The highest BCUT2D eigenvalue weighted by atomic mass is 31.2. The first-order chi connectivity index (χ1) is 46.0. The molecule has 2 atom stereocenters. The minimum absolute atomic E-state index is 0.0559. The molecule has 0 amide bonds. The van der Waals surface area contributed by atoms with Crippen LogP contribution in [0, 0.1) is 0 Å². The SMILES string of the molecule is CC/C=C\C/C=C\C/C=C\C/C=C\C/C=C\C/C=C\C/C=C\C/C=C\C/C=C\C/C=C\C/C=C\CCCCCC(=O)OC(COC(=O)CCCCCCC/C=C\C/C=C\C/C=C\C/C=C\C/C=C\C/C=C\C/C=C\C/C=C\C/C=C\CC)COP(=O)([O-])OCC[N+](C)(C)C. The van der Waals surface area contributed by atoms with Crippen LogP contribution in [0.3, 0.4) is 0 Å². The number of nitrogens with zero attached hydrogens (tertiary/aromatic N) is 1. The fraction of sp³-hybridized carbons (Fsp3) is 0.500. The zero-order valence-corrected chi connectivity index (χ0v) is 60.2. The number of hydrogen-bond donors (Lipinski definition) is 0. The Balaban J connectivity index is 4.28. The standard InChI is InChI=1S/C84H128NO8P/c1-6-8-10-12-14-16-18-20-22-24-26-28-30-32-34-36-38-40-41-42-43-45-47-49-51-53-55-57-59-61-63-65-67-69-71-73-75-77-84(87)93-82(81-92-94(88,89)91-79-78-85(3,4)5)80-90-83(86)76-74-72-70-68-66-64-62-60-58-56-54-52-50-48-46-44-39-37-35-33-31-29-27-25-23-21-19-17-15-13-11-9-7-2/h8-11,14-17,20-23,26-29,32-35,38-40,42-44,47-50,53-56,59-62,65,67,82H,6-7,12-13,18-19,24-25,30-31,36-37,41,45-46,51-52,57-58,63-64,66,68-81H2,1-5H3/b10-8-,11-9-,16-14-,17-15-,22-20-,23-21-,28-26-,29-27-,34-32-,35-33-,40-38-,43-42-,44-39-,49-47-,50-48-,55-53-,56-54-,61-59-,62-60-,67-65-. The van der Waals surface area contributed by atoms with Gasteiger partial charge in [-0.05, 0) is 167 Å². The minimum atomic E-state index is -4.68. The van der Waals surface area contributed by atoms with Gasteiger partial charge in [0.25, 0.3) is 7.82 Å². The molecule has 0 N–H and O–H groups in total. The summed E-state index contributed by atoms with van der Waals surface area (Å²) < 4.78 is 34.2. The summed E-state index contributed by atoms with van der Waals surface area (Å²) in [4.78, 5) is 38.1. The van der Waals surface area contributed by atoms with Crippen molar-refractivity contribution in [2.24, 2.45) is 0 Å². The van der Waals surface area contributed by atoms with Crippen molar-refractivity contribution in [2.75, 3.05) is 47.5 Å². The number of esters is 2. The molecule has 0 saturated heterocycles. The van der Waals surface area contributed by atoms with E-state index in [4.69, 9.17) is 18.5 Å². The number of likely N-dealkylation sites (N-methyl/N-ethyl adjacent to an activating group) is 1. The van der Waals surface area contributed by atoms with Gasteiger partial charge in [-0.15, -0.1) is 0 Å². The molecule has 0 aromatic carbocycles. The summed E-state index contributed by atoms with van der Waals surface area (Å²) in [6.07, 6.45) is 117. The normalized spacial score (nSPS) is 14.6. The summed E-state index contributed by atoms with van der Waals surface area (Å²) >= 11 is 0. The van der Waals surface area contributed by atoms with Gasteiger partial charge in [0, 0.05) is 12.8 Å². The molecule has 2 unspecified atom stereocenters. The van der Waals surface area contributed by atoms with Gasteiger partial charge < -0.3 is 27.9 Å². The van der Waals surface area contributed by atoms with Gasteiger partial charge in [0.1, 0.15) is 19.8 Å². The van der Waals surface area contributed by atoms with Crippen LogP contribution in [0.5, 0.6) is 0 Å². The number of quaternary nitrogens is 1. The highest BCUT2D eigenvalue weighted by Gasteiger charge is 2.22. The van der Waals surface area contributed by atoms with E-state index in [-0.39, 0.29) is 26.1 Å². The topological polar surface area (TPSA) is 111 Å². The van der Waals surface area contributed by atoms with Crippen molar-refractivity contribution in [3.05, 3.63) is 243 Å². The second kappa shape index (κ2) is 71.1. The van der Waals surface area contributed by atoms with E-state index in [0.717, 1.165) is 180 Å². The van der Waals surface area contributed by atoms with Gasteiger partial charge in [0.05, 0.1) is 27.7 Å². The van der Waals surface area contributed by atoms with Crippen molar-refractivity contribution in [3.8, 4) is 0 Å².